The van der Waals surface area contributed by atoms with Gasteiger partial charge in [0.2, 0.25) is 10.0 Å². The van der Waals surface area contributed by atoms with Crippen LogP contribution in [0.4, 0.5) is 4.39 Å². The number of amidine groups is 2. The summed E-state index contributed by atoms with van der Waals surface area (Å²) in [6.07, 6.45) is 5.54. The van der Waals surface area contributed by atoms with E-state index in [1.807, 2.05) is 41.4 Å². The Hall–Kier alpha value is -2.99. The summed E-state index contributed by atoms with van der Waals surface area (Å²) in [5, 5.41) is 0. The molecule has 0 aliphatic carbocycles. The van der Waals surface area contributed by atoms with Crippen molar-refractivity contribution < 1.29 is 22.3 Å². The van der Waals surface area contributed by atoms with Crippen LogP contribution in [0.5, 0.6) is 0 Å². The van der Waals surface area contributed by atoms with Gasteiger partial charge in [0.15, 0.2) is 5.84 Å². The van der Waals surface area contributed by atoms with E-state index in [0.717, 1.165) is 26.5 Å². The Morgan fingerprint density at radius 1 is 1.11 bits per heavy atom. The zero-order chi connectivity index (χ0) is 24.6. The number of ether oxygens (including phenoxy) is 1. The van der Waals surface area contributed by atoms with Crippen molar-refractivity contribution in [3.05, 3.63) is 87.8 Å². The lowest BCUT2D eigenvalue weighted by Gasteiger charge is -2.26. The van der Waals surface area contributed by atoms with Crippen LogP contribution >= 0.6 is 15.9 Å². The standard InChI is InChI=1S/C24H20BrFN4O4S/c25-18-6-8-22-27-23(19-4-2-1-3-17(19)14-29(22)15-18)28-24(31)16-5-7-20(26)21(13-16)35(32,33)30-9-11-34-12-10-30/h1-8,13,15H,9-12,14H2. The van der Waals surface area contributed by atoms with E-state index in [1.165, 1.54) is 6.07 Å². The smallest absolute Gasteiger partial charge is 0.279 e. The van der Waals surface area contributed by atoms with Crippen LogP contribution in [0.15, 0.2) is 80.2 Å². The molecule has 3 aliphatic heterocycles. The number of sulfonamides is 1. The molecule has 3 aliphatic rings. The summed E-state index contributed by atoms with van der Waals surface area (Å²) < 4.78 is 47.8. The largest absolute Gasteiger partial charge is 0.379 e. The van der Waals surface area contributed by atoms with Crippen molar-refractivity contribution in [3.63, 3.8) is 0 Å². The quantitative estimate of drug-likeness (QED) is 0.575. The van der Waals surface area contributed by atoms with Gasteiger partial charge < -0.3 is 9.64 Å². The molecular formula is C24H20BrFN4O4S. The third-order valence-electron chi connectivity index (χ3n) is 5.76. The third kappa shape index (κ3) is 4.76. The summed E-state index contributed by atoms with van der Waals surface area (Å²) in [7, 11) is -4.13. The molecule has 0 N–H and O–H groups in total. The van der Waals surface area contributed by atoms with Gasteiger partial charge in [-0.05, 0) is 51.8 Å². The van der Waals surface area contributed by atoms with Gasteiger partial charge in [-0.15, -0.1) is 0 Å². The monoisotopic (exact) mass is 558 g/mol. The minimum absolute atomic E-state index is 0.0497. The molecule has 2 aromatic carbocycles. The molecule has 0 saturated carbocycles. The number of benzene rings is 2. The second kappa shape index (κ2) is 9.57. The van der Waals surface area contributed by atoms with Crippen LogP contribution in [-0.4, -0.2) is 61.5 Å². The first kappa shape index (κ1) is 23.7. The van der Waals surface area contributed by atoms with Crippen LogP contribution in [0.2, 0.25) is 0 Å². The number of allylic oxidation sites excluding steroid dienone is 2. The van der Waals surface area contributed by atoms with E-state index in [-0.39, 0.29) is 37.7 Å². The van der Waals surface area contributed by atoms with Crippen LogP contribution in [-0.2, 0) is 21.3 Å². The number of morpholine rings is 1. The number of carbonyl (C=O) groups is 1. The normalized spacial score (nSPS) is 19.5. The molecule has 35 heavy (non-hydrogen) atoms. The van der Waals surface area contributed by atoms with Gasteiger partial charge in [0.05, 0.1) is 13.2 Å². The summed E-state index contributed by atoms with van der Waals surface area (Å²) in [5.74, 6) is -0.852. The molecule has 0 atom stereocenters. The van der Waals surface area contributed by atoms with Crippen molar-refractivity contribution in [1.29, 1.82) is 0 Å². The van der Waals surface area contributed by atoms with Gasteiger partial charge >= 0.3 is 0 Å². The molecule has 0 unspecified atom stereocenters. The van der Waals surface area contributed by atoms with Crippen LogP contribution in [0.25, 0.3) is 0 Å². The SMILES string of the molecule is O=C(N=C1N=C2C=CC(Br)=CN2Cc2ccccc21)c1ccc(F)c(S(=O)(=O)N2CCOCC2)c1. The lowest BCUT2D eigenvalue weighted by molar-refractivity contribution is 0.0729. The van der Waals surface area contributed by atoms with Gasteiger partial charge in [0.25, 0.3) is 5.91 Å². The minimum Gasteiger partial charge on any atom is -0.379 e. The highest BCUT2D eigenvalue weighted by molar-refractivity contribution is 9.11. The summed E-state index contributed by atoms with van der Waals surface area (Å²) in [6, 6.07) is 10.7. The maximum atomic E-state index is 14.6. The van der Waals surface area contributed by atoms with E-state index in [2.05, 4.69) is 25.9 Å². The Kier molecular flexibility index (Phi) is 6.49. The van der Waals surface area contributed by atoms with Crippen molar-refractivity contribution in [3.8, 4) is 0 Å². The van der Waals surface area contributed by atoms with E-state index in [1.54, 1.807) is 6.08 Å². The first-order chi connectivity index (χ1) is 16.8. The Bertz CT molecular complexity index is 1430. The Balaban J connectivity index is 1.54. The van der Waals surface area contributed by atoms with E-state index >= 15 is 0 Å². The fourth-order valence-electron chi connectivity index (χ4n) is 3.97. The van der Waals surface area contributed by atoms with Crippen LogP contribution in [0, 0.1) is 5.82 Å². The van der Waals surface area contributed by atoms with Gasteiger partial charge in [-0.1, -0.05) is 24.3 Å². The van der Waals surface area contributed by atoms with Gasteiger partial charge in [0, 0.05) is 41.4 Å². The van der Waals surface area contributed by atoms with Gasteiger partial charge in [-0.25, -0.2) is 17.8 Å². The van der Waals surface area contributed by atoms with Gasteiger partial charge in [0.1, 0.15) is 16.5 Å². The molecule has 5 rings (SSSR count). The second-order valence-electron chi connectivity index (χ2n) is 8.00. The van der Waals surface area contributed by atoms with E-state index < -0.39 is 26.6 Å². The van der Waals surface area contributed by atoms with Crippen LogP contribution < -0.4 is 0 Å². The lowest BCUT2D eigenvalue weighted by atomic mass is 10.1. The number of aliphatic imine (C=N–C) groups is 2. The highest BCUT2D eigenvalue weighted by Crippen LogP contribution is 2.25. The average molecular weight is 559 g/mol. The molecule has 1 saturated heterocycles. The minimum atomic E-state index is -4.13. The van der Waals surface area contributed by atoms with E-state index in [9.17, 15) is 17.6 Å². The van der Waals surface area contributed by atoms with Crippen molar-refractivity contribution >= 4 is 43.5 Å². The highest BCUT2D eigenvalue weighted by Gasteiger charge is 2.30. The number of fused-ring (bicyclic) bond motifs is 2. The average Bonchev–Trinajstić information content (AvgIpc) is 3.00. The fraction of sp³-hybridized carbons (Fsp3) is 0.208. The first-order valence-corrected chi connectivity index (χ1v) is 13.1. The molecule has 0 spiro atoms. The van der Waals surface area contributed by atoms with Crippen molar-refractivity contribution in [2.24, 2.45) is 9.98 Å². The molecule has 8 nitrogen and oxygen atoms in total. The predicted molar refractivity (Wildman–Crippen MR) is 132 cm³/mol. The number of hydrogen-bond donors (Lipinski definition) is 0. The molecule has 180 valence electrons. The molecule has 0 aromatic heterocycles. The molecule has 11 heteroatoms. The summed E-state index contributed by atoms with van der Waals surface area (Å²) in [4.78, 5) is 23.4. The number of carbonyl (C=O) groups excluding carboxylic acids is 1. The summed E-state index contributed by atoms with van der Waals surface area (Å²) in [5.41, 5.74) is 1.55. The molecule has 3 heterocycles. The molecule has 1 fully saturated rings. The molecular weight excluding hydrogens is 539 g/mol. The highest BCUT2D eigenvalue weighted by atomic mass is 79.9. The lowest BCUT2D eigenvalue weighted by Crippen LogP contribution is -2.41. The zero-order valence-electron chi connectivity index (χ0n) is 18.4. The second-order valence-corrected chi connectivity index (χ2v) is 10.8. The maximum absolute atomic E-state index is 14.6. The summed E-state index contributed by atoms with van der Waals surface area (Å²) in [6.45, 7) is 1.21. The number of hydrogen-bond acceptors (Lipinski definition) is 5. The molecule has 2 aromatic rings. The van der Waals surface area contributed by atoms with Crippen molar-refractivity contribution in [1.82, 2.24) is 9.21 Å². The first-order valence-electron chi connectivity index (χ1n) is 10.8. The van der Waals surface area contributed by atoms with Crippen LogP contribution in [0.1, 0.15) is 21.5 Å². The van der Waals surface area contributed by atoms with E-state index in [4.69, 9.17) is 4.74 Å². The molecule has 0 radical (unpaired) electrons. The number of rotatable bonds is 3. The Morgan fingerprint density at radius 2 is 1.89 bits per heavy atom. The topological polar surface area (TPSA) is 91.6 Å². The number of amides is 1. The predicted octanol–water partition coefficient (Wildman–Crippen LogP) is 3.45. The fourth-order valence-corrected chi connectivity index (χ4v) is 5.85. The van der Waals surface area contributed by atoms with E-state index in [0.29, 0.717) is 17.9 Å². The van der Waals surface area contributed by atoms with Gasteiger partial charge in [-0.3, -0.25) is 4.79 Å². The Morgan fingerprint density at radius 3 is 2.69 bits per heavy atom. The number of halogens is 2. The zero-order valence-corrected chi connectivity index (χ0v) is 20.8. The number of nitrogens with zero attached hydrogens (tertiary/aromatic N) is 4. The van der Waals surface area contributed by atoms with Crippen LogP contribution in [0.3, 0.4) is 0 Å². The molecule has 1 amide bonds. The summed E-state index contributed by atoms with van der Waals surface area (Å²) >= 11 is 3.46. The maximum Gasteiger partial charge on any atom is 0.279 e. The third-order valence-corrected chi connectivity index (χ3v) is 8.14. The molecule has 0 bridgehead atoms. The Labute approximate surface area is 210 Å². The van der Waals surface area contributed by atoms with Crippen molar-refractivity contribution in [2.45, 2.75) is 11.4 Å². The van der Waals surface area contributed by atoms with Gasteiger partial charge in [-0.2, -0.15) is 9.30 Å². The van der Waals surface area contributed by atoms with Crippen molar-refractivity contribution in [2.75, 3.05) is 26.3 Å².